The first-order valence-corrected chi connectivity index (χ1v) is 5.28. The van der Waals surface area contributed by atoms with Gasteiger partial charge in [-0.25, -0.2) is 4.98 Å². The maximum absolute atomic E-state index is 5.08. The predicted molar refractivity (Wildman–Crippen MR) is 60.5 cm³/mol. The van der Waals surface area contributed by atoms with E-state index in [4.69, 9.17) is 4.74 Å². The normalized spacial score (nSPS) is 21.5. The third-order valence-electron chi connectivity index (χ3n) is 2.65. The Morgan fingerprint density at radius 2 is 2.40 bits per heavy atom. The number of nitrogens with one attached hydrogen (secondary N) is 1. The van der Waals surface area contributed by atoms with Crippen molar-refractivity contribution in [1.82, 2.24) is 10.3 Å². The molecule has 1 aromatic heterocycles. The van der Waals surface area contributed by atoms with Gasteiger partial charge >= 0.3 is 0 Å². The van der Waals surface area contributed by atoms with E-state index in [9.17, 15) is 0 Å². The fourth-order valence-electron chi connectivity index (χ4n) is 1.82. The summed E-state index contributed by atoms with van der Waals surface area (Å²) in [5.74, 6) is 1.84. The third-order valence-corrected chi connectivity index (χ3v) is 2.65. The maximum Gasteiger partial charge on any atom is 0.137 e. The number of anilines is 1. The van der Waals surface area contributed by atoms with Gasteiger partial charge < -0.3 is 15.0 Å². The van der Waals surface area contributed by atoms with Gasteiger partial charge in [-0.2, -0.15) is 0 Å². The third kappa shape index (κ3) is 2.39. The topological polar surface area (TPSA) is 37.4 Å². The summed E-state index contributed by atoms with van der Waals surface area (Å²) in [4.78, 5) is 6.67. The first-order chi connectivity index (χ1) is 7.29. The molecule has 0 aromatic carbocycles. The van der Waals surface area contributed by atoms with Gasteiger partial charge in [0.15, 0.2) is 0 Å². The highest BCUT2D eigenvalue weighted by Gasteiger charge is 2.16. The summed E-state index contributed by atoms with van der Waals surface area (Å²) in [5.41, 5.74) is 0. The summed E-state index contributed by atoms with van der Waals surface area (Å²) in [6, 6.07) is 4.49. The van der Waals surface area contributed by atoms with Crippen molar-refractivity contribution in [1.29, 1.82) is 0 Å². The summed E-state index contributed by atoms with van der Waals surface area (Å²) in [5, 5.41) is 3.41. The zero-order chi connectivity index (χ0) is 10.7. The maximum atomic E-state index is 5.08. The molecule has 1 N–H and O–H groups in total. The fraction of sp³-hybridized carbons (Fsp3) is 0.545. The van der Waals surface area contributed by atoms with Crippen LogP contribution in [-0.4, -0.2) is 37.8 Å². The molecule has 1 fully saturated rings. The van der Waals surface area contributed by atoms with Crippen LogP contribution in [0.25, 0.3) is 0 Å². The molecule has 2 rings (SSSR count). The van der Waals surface area contributed by atoms with Crippen molar-refractivity contribution in [2.24, 2.45) is 0 Å². The molecule has 4 nitrogen and oxygen atoms in total. The number of rotatable bonds is 2. The monoisotopic (exact) mass is 207 g/mol. The quantitative estimate of drug-likeness (QED) is 0.781. The van der Waals surface area contributed by atoms with E-state index < -0.39 is 0 Å². The van der Waals surface area contributed by atoms with Gasteiger partial charge in [-0.15, -0.1) is 0 Å². The molecule has 0 radical (unpaired) electrons. The number of nitrogens with zero attached hydrogens (tertiary/aromatic N) is 2. The van der Waals surface area contributed by atoms with Gasteiger partial charge in [-0.1, -0.05) is 0 Å². The molecule has 1 saturated heterocycles. The molecule has 82 valence electrons. The smallest absolute Gasteiger partial charge is 0.137 e. The Morgan fingerprint density at radius 3 is 3.00 bits per heavy atom. The van der Waals surface area contributed by atoms with Crippen LogP contribution in [0.15, 0.2) is 18.3 Å². The number of pyridine rings is 1. The van der Waals surface area contributed by atoms with E-state index in [0.717, 1.165) is 31.2 Å². The van der Waals surface area contributed by atoms with Crippen LogP contribution in [0.1, 0.15) is 6.92 Å². The van der Waals surface area contributed by atoms with Crippen molar-refractivity contribution in [2.75, 3.05) is 31.6 Å². The number of aromatic nitrogens is 1. The van der Waals surface area contributed by atoms with Gasteiger partial charge in [0.1, 0.15) is 11.6 Å². The molecular formula is C11H17N3O. The number of hydrogen-bond donors (Lipinski definition) is 1. The average Bonchev–Trinajstić information content (AvgIpc) is 2.29. The van der Waals surface area contributed by atoms with Crippen LogP contribution in [0.4, 0.5) is 5.82 Å². The minimum Gasteiger partial charge on any atom is -0.495 e. The molecule has 1 atom stereocenters. The summed E-state index contributed by atoms with van der Waals surface area (Å²) in [6.45, 7) is 5.24. The van der Waals surface area contributed by atoms with Gasteiger partial charge in [-0.3, -0.25) is 0 Å². The molecule has 15 heavy (non-hydrogen) atoms. The summed E-state index contributed by atoms with van der Waals surface area (Å²) in [6.07, 6.45) is 1.77. The van der Waals surface area contributed by atoms with Gasteiger partial charge in [0.2, 0.25) is 0 Å². The van der Waals surface area contributed by atoms with Crippen molar-refractivity contribution >= 4 is 5.82 Å². The van der Waals surface area contributed by atoms with Gasteiger partial charge in [0.05, 0.1) is 13.3 Å². The lowest BCUT2D eigenvalue weighted by molar-refractivity contribution is 0.412. The Morgan fingerprint density at radius 1 is 1.53 bits per heavy atom. The van der Waals surface area contributed by atoms with Gasteiger partial charge in [-0.05, 0) is 19.1 Å². The minimum absolute atomic E-state index is 0.530. The van der Waals surface area contributed by atoms with E-state index in [1.165, 1.54) is 0 Å². The molecule has 4 heteroatoms. The van der Waals surface area contributed by atoms with E-state index >= 15 is 0 Å². The zero-order valence-electron chi connectivity index (χ0n) is 9.23. The summed E-state index contributed by atoms with van der Waals surface area (Å²) in [7, 11) is 1.66. The van der Waals surface area contributed by atoms with Crippen molar-refractivity contribution < 1.29 is 4.74 Å². The van der Waals surface area contributed by atoms with Crippen molar-refractivity contribution in [2.45, 2.75) is 13.0 Å². The molecule has 1 aliphatic heterocycles. The standard InChI is InChI=1S/C11H17N3O/c1-9-8-14(6-5-12-9)11-4-3-10(15-2)7-13-11/h3-4,7,9,12H,5-6,8H2,1-2H3/t9-/m0/s1. The average molecular weight is 207 g/mol. The second-order valence-electron chi connectivity index (χ2n) is 3.86. The molecule has 1 aliphatic rings. The molecule has 0 spiro atoms. The van der Waals surface area contributed by atoms with Crippen LogP contribution < -0.4 is 15.0 Å². The molecule has 0 unspecified atom stereocenters. The highest BCUT2D eigenvalue weighted by Crippen LogP contribution is 2.16. The SMILES string of the molecule is COc1ccc(N2CCN[C@@H](C)C2)nc1. The summed E-state index contributed by atoms with van der Waals surface area (Å²) < 4.78 is 5.08. The van der Waals surface area contributed by atoms with Crippen LogP contribution in [0.5, 0.6) is 5.75 Å². The van der Waals surface area contributed by atoms with E-state index in [2.05, 4.69) is 22.1 Å². The van der Waals surface area contributed by atoms with Crippen LogP contribution >= 0.6 is 0 Å². The van der Waals surface area contributed by atoms with Crippen molar-refractivity contribution in [3.8, 4) is 5.75 Å². The lowest BCUT2D eigenvalue weighted by atomic mass is 10.2. The van der Waals surface area contributed by atoms with Crippen molar-refractivity contribution in [3.05, 3.63) is 18.3 Å². The second-order valence-corrected chi connectivity index (χ2v) is 3.86. The van der Waals surface area contributed by atoms with E-state index in [-0.39, 0.29) is 0 Å². The zero-order valence-corrected chi connectivity index (χ0v) is 9.23. The predicted octanol–water partition coefficient (Wildman–Crippen LogP) is 0.888. The Kier molecular flexibility index (Phi) is 3.06. The Hall–Kier alpha value is -1.29. The number of ether oxygens (including phenoxy) is 1. The van der Waals surface area contributed by atoms with Crippen LogP contribution in [0, 0.1) is 0 Å². The lowest BCUT2D eigenvalue weighted by Gasteiger charge is -2.32. The highest BCUT2D eigenvalue weighted by atomic mass is 16.5. The molecule has 0 bridgehead atoms. The van der Waals surface area contributed by atoms with Gasteiger partial charge in [0.25, 0.3) is 0 Å². The first kappa shape index (κ1) is 10.2. The van der Waals surface area contributed by atoms with E-state index in [1.54, 1.807) is 13.3 Å². The molecular weight excluding hydrogens is 190 g/mol. The number of piperazine rings is 1. The molecule has 1 aromatic rings. The first-order valence-electron chi connectivity index (χ1n) is 5.28. The lowest BCUT2D eigenvalue weighted by Crippen LogP contribution is -2.49. The fourth-order valence-corrected chi connectivity index (χ4v) is 1.82. The van der Waals surface area contributed by atoms with Crippen molar-refractivity contribution in [3.63, 3.8) is 0 Å². The molecule has 0 saturated carbocycles. The number of hydrogen-bond acceptors (Lipinski definition) is 4. The Balaban J connectivity index is 2.07. The molecule has 0 aliphatic carbocycles. The van der Waals surface area contributed by atoms with E-state index in [0.29, 0.717) is 6.04 Å². The second kappa shape index (κ2) is 4.49. The van der Waals surface area contributed by atoms with E-state index in [1.807, 2.05) is 12.1 Å². The van der Waals surface area contributed by atoms with Crippen LogP contribution in [0.2, 0.25) is 0 Å². The van der Waals surface area contributed by atoms with Crippen LogP contribution in [0.3, 0.4) is 0 Å². The van der Waals surface area contributed by atoms with Gasteiger partial charge in [0, 0.05) is 25.7 Å². The Bertz CT molecular complexity index is 312. The molecule has 2 heterocycles. The highest BCUT2D eigenvalue weighted by molar-refractivity contribution is 5.41. The number of methoxy groups -OCH3 is 1. The minimum atomic E-state index is 0.530. The summed E-state index contributed by atoms with van der Waals surface area (Å²) >= 11 is 0. The molecule has 0 amide bonds. The Labute approximate surface area is 90.3 Å². The van der Waals surface area contributed by atoms with Crippen LogP contribution in [-0.2, 0) is 0 Å². The largest absolute Gasteiger partial charge is 0.495 e.